The Kier molecular flexibility index (Phi) is 16.2. The molecule has 3 heterocycles. The van der Waals surface area contributed by atoms with Crippen LogP contribution < -0.4 is 18.9 Å². The van der Waals surface area contributed by atoms with Crippen LogP contribution in [-0.4, -0.2) is 19.1 Å². The van der Waals surface area contributed by atoms with E-state index in [1.807, 2.05) is 60.1 Å². The SMILES string of the molecule is Cn1ccnc1COc1c2cc(C(C)(C)C)cc1Sc1cc(C(C)(C)C)cc(c1OCc1ccccc1)Sc1cc(C(C)(C)C)cc(c1OCc1nccn1C)Sc1cc(C(C)(C)C)cc(c1OCc1ccccc1)S2. The molecule has 0 radical (unpaired) electrons. The van der Waals surface area contributed by atoms with Gasteiger partial charge in [-0.3, -0.25) is 0 Å². The van der Waals surface area contributed by atoms with Crippen molar-refractivity contribution in [2.24, 2.45) is 14.1 Å². The van der Waals surface area contributed by atoms with Gasteiger partial charge in [0.2, 0.25) is 0 Å². The summed E-state index contributed by atoms with van der Waals surface area (Å²) in [4.78, 5) is 17.3. The van der Waals surface area contributed by atoms with Crippen molar-refractivity contribution in [3.8, 4) is 23.0 Å². The fraction of sp³-hybridized carbons (Fsp3) is 0.344. The highest BCUT2D eigenvalue weighted by Crippen LogP contribution is 2.57. The number of nitrogens with zero attached hydrogens (tertiary/aromatic N) is 4. The molecule has 0 unspecified atom stereocenters. The number of rotatable bonds is 12. The summed E-state index contributed by atoms with van der Waals surface area (Å²) in [6.45, 7) is 28.7. The van der Waals surface area contributed by atoms with E-state index >= 15 is 0 Å². The molecule has 396 valence electrons. The molecule has 1 aliphatic heterocycles. The van der Waals surface area contributed by atoms with Gasteiger partial charge in [-0.15, -0.1) is 0 Å². The highest BCUT2D eigenvalue weighted by molar-refractivity contribution is 8.01. The van der Waals surface area contributed by atoms with Crippen molar-refractivity contribution in [2.75, 3.05) is 0 Å². The third-order valence-corrected chi connectivity index (χ3v) is 17.6. The number of benzene rings is 6. The highest BCUT2D eigenvalue weighted by Gasteiger charge is 2.31. The molecule has 6 aromatic carbocycles. The molecule has 9 rings (SSSR count). The van der Waals surface area contributed by atoms with Crippen LogP contribution in [0.3, 0.4) is 0 Å². The number of ether oxygens (including phenoxy) is 4. The largest absolute Gasteiger partial charge is 0.487 e. The van der Waals surface area contributed by atoms with Gasteiger partial charge >= 0.3 is 0 Å². The van der Waals surface area contributed by atoms with Gasteiger partial charge in [-0.05, 0) is 104 Å². The van der Waals surface area contributed by atoms with Crippen molar-refractivity contribution in [1.82, 2.24) is 19.1 Å². The minimum absolute atomic E-state index is 0.218. The molecular weight excluding hydrogens is 1020 g/mol. The van der Waals surface area contributed by atoms with E-state index in [0.717, 1.165) is 84.9 Å². The molecule has 8 nitrogen and oxygen atoms in total. The Balaban J connectivity index is 1.39. The third kappa shape index (κ3) is 13.0. The molecule has 76 heavy (non-hydrogen) atoms. The molecule has 0 aliphatic carbocycles. The van der Waals surface area contributed by atoms with Crippen LogP contribution >= 0.6 is 47.0 Å². The van der Waals surface area contributed by atoms with Crippen LogP contribution in [0.15, 0.2) is 173 Å². The van der Waals surface area contributed by atoms with Gasteiger partial charge in [0.15, 0.2) is 0 Å². The quantitative estimate of drug-likeness (QED) is 0.118. The van der Waals surface area contributed by atoms with Gasteiger partial charge in [-0.25, -0.2) is 9.97 Å². The van der Waals surface area contributed by atoms with Crippen LogP contribution in [0.5, 0.6) is 23.0 Å². The van der Waals surface area contributed by atoms with Gasteiger partial charge in [-0.2, -0.15) is 0 Å². The van der Waals surface area contributed by atoms with Crippen LogP contribution in [0.25, 0.3) is 0 Å². The Morgan fingerprint density at radius 3 is 0.803 bits per heavy atom. The fourth-order valence-corrected chi connectivity index (χ4v) is 13.3. The summed E-state index contributed by atoms with van der Waals surface area (Å²) < 4.78 is 32.9. The predicted molar refractivity (Wildman–Crippen MR) is 314 cm³/mol. The van der Waals surface area contributed by atoms with Crippen molar-refractivity contribution in [2.45, 2.75) is 170 Å². The second kappa shape index (κ2) is 22.4. The van der Waals surface area contributed by atoms with E-state index in [1.165, 1.54) is 22.3 Å². The van der Waals surface area contributed by atoms with Crippen LogP contribution in [0.4, 0.5) is 0 Å². The summed E-state index contributed by atoms with van der Waals surface area (Å²) in [6, 6.07) is 39.5. The summed E-state index contributed by atoms with van der Waals surface area (Å²) in [6.07, 6.45) is 7.58. The van der Waals surface area contributed by atoms with Crippen molar-refractivity contribution in [3.63, 3.8) is 0 Å². The summed E-state index contributed by atoms with van der Waals surface area (Å²) >= 11 is 6.81. The van der Waals surface area contributed by atoms with Crippen molar-refractivity contribution >= 4 is 47.0 Å². The second-order valence-electron chi connectivity index (χ2n) is 23.6. The van der Waals surface area contributed by atoms with Gasteiger partial charge in [0.25, 0.3) is 0 Å². The average molecular weight is 1090 g/mol. The maximum Gasteiger partial charge on any atom is 0.147 e. The van der Waals surface area contributed by atoms with Crippen molar-refractivity contribution in [1.29, 1.82) is 0 Å². The molecule has 0 spiro atoms. The lowest BCUT2D eigenvalue weighted by atomic mass is 9.87. The minimum atomic E-state index is -0.218. The van der Waals surface area contributed by atoms with Gasteiger partial charge in [0.05, 0.1) is 39.2 Å². The molecular formula is C64H72N4O4S4. The van der Waals surface area contributed by atoms with E-state index in [4.69, 9.17) is 28.9 Å². The molecule has 0 N–H and O–H groups in total. The lowest BCUT2D eigenvalue weighted by molar-refractivity contribution is 0.277. The summed E-state index contributed by atoms with van der Waals surface area (Å²) in [5, 5.41) is 0. The van der Waals surface area contributed by atoms with Crippen molar-refractivity contribution < 1.29 is 18.9 Å². The van der Waals surface area contributed by atoms with E-state index in [2.05, 4.69) is 180 Å². The Morgan fingerprint density at radius 2 is 0.592 bits per heavy atom. The second-order valence-corrected chi connectivity index (χ2v) is 28.0. The number of aryl methyl sites for hydroxylation is 2. The maximum absolute atomic E-state index is 7.24. The number of imidazole rings is 2. The maximum atomic E-state index is 7.24. The van der Waals surface area contributed by atoms with E-state index in [-0.39, 0.29) is 34.9 Å². The Hall–Kier alpha value is -5.66. The Bertz CT molecular complexity index is 3020. The van der Waals surface area contributed by atoms with E-state index < -0.39 is 0 Å². The Labute approximate surface area is 468 Å². The number of aromatic nitrogens is 4. The fourth-order valence-electron chi connectivity index (χ4n) is 8.49. The number of hydrogen-bond acceptors (Lipinski definition) is 10. The van der Waals surface area contributed by atoms with E-state index in [1.54, 1.807) is 47.0 Å². The van der Waals surface area contributed by atoms with E-state index in [0.29, 0.717) is 13.2 Å². The van der Waals surface area contributed by atoms with Crippen molar-refractivity contribution in [3.05, 3.63) is 179 Å². The summed E-state index contributed by atoms with van der Waals surface area (Å²) in [5.41, 5.74) is 6.03. The topological polar surface area (TPSA) is 72.6 Å². The molecule has 2 aromatic heterocycles. The third-order valence-electron chi connectivity index (χ3n) is 13.4. The predicted octanol–water partition coefficient (Wildman–Crippen LogP) is 17.6. The zero-order valence-electron chi connectivity index (χ0n) is 46.6. The zero-order valence-corrected chi connectivity index (χ0v) is 49.9. The first kappa shape index (κ1) is 55.1. The first-order chi connectivity index (χ1) is 36.0. The lowest BCUT2D eigenvalue weighted by Gasteiger charge is -2.28. The van der Waals surface area contributed by atoms with E-state index in [9.17, 15) is 0 Å². The molecule has 1 aliphatic rings. The number of hydrogen-bond donors (Lipinski definition) is 0. The molecule has 12 heteroatoms. The van der Waals surface area contributed by atoms with Crippen LogP contribution in [0.2, 0.25) is 0 Å². The van der Waals surface area contributed by atoms with Crippen LogP contribution in [0.1, 0.15) is 128 Å². The zero-order chi connectivity index (χ0) is 54.2. The normalized spacial score (nSPS) is 13.1. The average Bonchev–Trinajstić information content (AvgIpc) is 3.98. The summed E-state index contributed by atoms with van der Waals surface area (Å²) in [5.74, 6) is 4.80. The molecule has 8 bridgehead atoms. The smallest absolute Gasteiger partial charge is 0.147 e. The highest BCUT2D eigenvalue weighted by atomic mass is 32.2. The van der Waals surface area contributed by atoms with Crippen LogP contribution in [0, 0.1) is 0 Å². The molecule has 0 saturated heterocycles. The number of fused-ring (bicyclic) bond motifs is 8. The molecule has 0 atom stereocenters. The molecule has 0 saturated carbocycles. The molecule has 0 amide bonds. The first-order valence-corrected chi connectivity index (χ1v) is 29.2. The molecule has 8 aromatic rings. The van der Waals surface area contributed by atoms with Gasteiger partial charge in [0, 0.05) is 38.9 Å². The molecule has 0 fully saturated rings. The monoisotopic (exact) mass is 1090 g/mol. The van der Waals surface area contributed by atoms with Gasteiger partial charge in [-0.1, -0.05) is 191 Å². The lowest BCUT2D eigenvalue weighted by Crippen LogP contribution is -2.14. The minimum Gasteiger partial charge on any atom is -0.487 e. The first-order valence-electron chi connectivity index (χ1n) is 25.9. The van der Waals surface area contributed by atoms with Gasteiger partial charge < -0.3 is 28.1 Å². The summed E-state index contributed by atoms with van der Waals surface area (Å²) in [7, 11) is 4.03. The van der Waals surface area contributed by atoms with Gasteiger partial charge in [0.1, 0.15) is 61.1 Å². The standard InChI is InChI=1S/C64H72N4O4S4/c1-61(2,3)43-29-47-57(69-37-41-21-17-15-18-22-41)48(30-43)74-52-34-46(64(10,11)12)36-54(60(52)72-40-56-66-26-28-68(56)14)76-50-32-44(62(4,5)6)31-49(58(50)70-38-42-23-19-16-20-24-42)75-53-35-45(63(7,8)9)33-51(73-47)59(53)71-39-55-65-25-27-67(55)13/h15-36H,37-40H2,1-14H3. The van der Waals surface area contributed by atoms with Crippen LogP contribution in [-0.2, 0) is 62.2 Å². The Morgan fingerprint density at radius 1 is 0.355 bits per heavy atom.